The molecule has 1 saturated carbocycles. The van der Waals surface area contributed by atoms with Gasteiger partial charge in [-0.25, -0.2) is 9.37 Å². The molecule has 2 aliphatic rings. The van der Waals surface area contributed by atoms with Crippen LogP contribution in [0.4, 0.5) is 10.2 Å². The van der Waals surface area contributed by atoms with Crippen molar-refractivity contribution in [1.29, 1.82) is 0 Å². The summed E-state index contributed by atoms with van der Waals surface area (Å²) in [6, 6.07) is 10.8. The second-order valence-corrected chi connectivity index (χ2v) is 9.62. The molecule has 1 amide bonds. The summed E-state index contributed by atoms with van der Waals surface area (Å²) < 4.78 is 13.8. The molecule has 0 radical (unpaired) electrons. The van der Waals surface area contributed by atoms with Crippen LogP contribution in [0.3, 0.4) is 0 Å². The fourth-order valence-corrected chi connectivity index (χ4v) is 5.32. The van der Waals surface area contributed by atoms with E-state index >= 15 is 0 Å². The highest BCUT2D eigenvalue weighted by Crippen LogP contribution is 2.32. The second-order valence-electron chi connectivity index (χ2n) is 9.62. The quantitative estimate of drug-likeness (QED) is 0.354. The molecule has 2 fully saturated rings. The van der Waals surface area contributed by atoms with Crippen LogP contribution >= 0.6 is 0 Å². The summed E-state index contributed by atoms with van der Waals surface area (Å²) in [4.78, 5) is 22.0. The first-order valence-corrected chi connectivity index (χ1v) is 12.8. The Balaban J connectivity index is 1.48. The molecule has 7 nitrogen and oxygen atoms in total. The molecule has 35 heavy (non-hydrogen) atoms. The molecule has 2 N–H and O–H groups in total. The minimum atomic E-state index is -0.268. The molecule has 1 saturated heterocycles. The smallest absolute Gasteiger partial charge is 0.243 e. The largest absolute Gasteiger partial charge is 0.382 e. The normalized spacial score (nSPS) is 18.1. The molecule has 1 aliphatic carbocycles. The number of aromatic nitrogens is 1. The zero-order valence-electron chi connectivity index (χ0n) is 20.9. The molecule has 8 heteroatoms. The number of hydrogen-bond donors (Lipinski definition) is 1. The van der Waals surface area contributed by atoms with Gasteiger partial charge in [-0.15, -0.1) is 0 Å². The third-order valence-electron chi connectivity index (χ3n) is 7.34. The lowest BCUT2D eigenvalue weighted by atomic mass is 9.95. The summed E-state index contributed by atoms with van der Waals surface area (Å²) in [5, 5.41) is 6.68. The number of nitrogens with two attached hydrogens (primary N) is 1. The molecule has 4 rings (SSSR count). The summed E-state index contributed by atoms with van der Waals surface area (Å²) in [5.41, 5.74) is 7.59. The van der Waals surface area contributed by atoms with Gasteiger partial charge < -0.3 is 15.5 Å². The van der Waals surface area contributed by atoms with Crippen molar-refractivity contribution in [2.45, 2.75) is 52.0 Å². The summed E-state index contributed by atoms with van der Waals surface area (Å²) in [7, 11) is 0. The van der Waals surface area contributed by atoms with Gasteiger partial charge in [0, 0.05) is 37.9 Å². The zero-order valence-corrected chi connectivity index (χ0v) is 20.9. The molecular weight excluding hydrogens is 443 g/mol. The van der Waals surface area contributed by atoms with Crippen LogP contribution in [-0.2, 0) is 4.79 Å². The summed E-state index contributed by atoms with van der Waals surface area (Å²) in [6.07, 6.45) is 7.42. The molecule has 1 aromatic carbocycles. The topological polar surface area (TPSA) is 78.1 Å². The van der Waals surface area contributed by atoms with Crippen molar-refractivity contribution in [2.75, 3.05) is 37.6 Å². The highest BCUT2D eigenvalue weighted by atomic mass is 19.1. The van der Waals surface area contributed by atoms with E-state index in [2.05, 4.69) is 16.8 Å². The van der Waals surface area contributed by atoms with Crippen LogP contribution in [0.15, 0.2) is 47.7 Å². The molecule has 2 heterocycles. The SMILES string of the molecule is CCC(C1CCCC1)N(CC(=O)N1CCN(c2ccccn2)CC1)/N=C(\N)c1ccc(F)c(C)c1. The number of nitrogens with zero attached hydrogens (tertiary/aromatic N) is 5. The lowest BCUT2D eigenvalue weighted by molar-refractivity contribution is -0.133. The number of amidine groups is 1. The number of hydrazone groups is 1. The first-order valence-electron chi connectivity index (χ1n) is 12.8. The monoisotopic (exact) mass is 480 g/mol. The van der Waals surface area contributed by atoms with Crippen molar-refractivity contribution >= 4 is 17.6 Å². The van der Waals surface area contributed by atoms with E-state index in [1.807, 2.05) is 28.1 Å². The van der Waals surface area contributed by atoms with Crippen LogP contribution in [0.5, 0.6) is 0 Å². The van der Waals surface area contributed by atoms with Gasteiger partial charge in [-0.1, -0.05) is 25.8 Å². The number of rotatable bonds is 8. The van der Waals surface area contributed by atoms with Gasteiger partial charge in [0.05, 0.1) is 6.04 Å². The van der Waals surface area contributed by atoms with Crippen molar-refractivity contribution < 1.29 is 9.18 Å². The molecule has 188 valence electrons. The minimum Gasteiger partial charge on any atom is -0.382 e. The first kappa shape index (κ1) is 24.9. The highest BCUT2D eigenvalue weighted by Gasteiger charge is 2.31. The Hall–Kier alpha value is -3.16. The van der Waals surface area contributed by atoms with Crippen LogP contribution < -0.4 is 10.6 Å². The number of piperazine rings is 1. The Morgan fingerprint density at radius 2 is 1.94 bits per heavy atom. The predicted octanol–water partition coefficient (Wildman–Crippen LogP) is 3.77. The molecular formula is C27H37FN6O. The van der Waals surface area contributed by atoms with Crippen molar-refractivity contribution in [3.8, 4) is 0 Å². The number of hydrogen-bond acceptors (Lipinski definition) is 5. The average Bonchev–Trinajstić information content (AvgIpc) is 3.41. The molecule has 1 aromatic heterocycles. The molecule has 0 spiro atoms. The summed E-state index contributed by atoms with van der Waals surface area (Å²) in [6.45, 7) is 6.87. The van der Waals surface area contributed by atoms with E-state index in [1.54, 1.807) is 25.3 Å². The van der Waals surface area contributed by atoms with Crippen LogP contribution in [-0.4, -0.2) is 65.4 Å². The van der Waals surface area contributed by atoms with E-state index in [0.717, 1.165) is 38.2 Å². The van der Waals surface area contributed by atoms with Crippen molar-refractivity contribution in [2.24, 2.45) is 16.8 Å². The van der Waals surface area contributed by atoms with E-state index < -0.39 is 0 Å². The van der Waals surface area contributed by atoms with Crippen LogP contribution in [0.2, 0.25) is 0 Å². The van der Waals surface area contributed by atoms with Gasteiger partial charge in [-0.3, -0.25) is 9.80 Å². The number of benzene rings is 1. The standard InChI is InChI=1S/C27H37FN6O/c1-3-24(21-8-4-5-9-21)34(31-27(29)22-11-12-23(28)20(2)18-22)19-26(35)33-16-14-32(15-17-33)25-10-6-7-13-30-25/h6-7,10-13,18,21,24H,3-5,8-9,14-17,19H2,1-2H3,(H2,29,31). The number of halogens is 1. The maximum Gasteiger partial charge on any atom is 0.243 e. The van der Waals surface area contributed by atoms with Crippen LogP contribution in [0.1, 0.15) is 50.2 Å². The Kier molecular flexibility index (Phi) is 8.21. The van der Waals surface area contributed by atoms with E-state index in [9.17, 15) is 9.18 Å². The number of carbonyl (C=O) groups is 1. The number of aryl methyl sites for hydroxylation is 1. The Bertz CT molecular complexity index is 1020. The Morgan fingerprint density at radius 3 is 2.57 bits per heavy atom. The van der Waals surface area contributed by atoms with Crippen molar-refractivity contribution in [3.05, 3.63) is 59.5 Å². The highest BCUT2D eigenvalue weighted by molar-refractivity contribution is 5.97. The van der Waals surface area contributed by atoms with E-state index in [1.165, 1.54) is 18.9 Å². The van der Waals surface area contributed by atoms with E-state index in [4.69, 9.17) is 10.8 Å². The first-order chi connectivity index (χ1) is 17.0. The summed E-state index contributed by atoms with van der Waals surface area (Å²) in [5.74, 6) is 1.56. The van der Waals surface area contributed by atoms with Gasteiger partial charge in [0.25, 0.3) is 0 Å². The molecule has 1 atom stereocenters. The molecule has 0 bridgehead atoms. The number of pyridine rings is 1. The number of amides is 1. The summed E-state index contributed by atoms with van der Waals surface area (Å²) >= 11 is 0. The van der Waals surface area contributed by atoms with Crippen molar-refractivity contribution in [3.63, 3.8) is 0 Å². The van der Waals surface area contributed by atoms with Gasteiger partial charge >= 0.3 is 0 Å². The lowest BCUT2D eigenvalue weighted by Crippen LogP contribution is -2.52. The van der Waals surface area contributed by atoms with Crippen LogP contribution in [0, 0.1) is 18.7 Å². The Morgan fingerprint density at radius 1 is 1.20 bits per heavy atom. The van der Waals surface area contributed by atoms with Gasteiger partial charge in [0.15, 0.2) is 5.84 Å². The third kappa shape index (κ3) is 6.10. The van der Waals surface area contributed by atoms with Crippen molar-refractivity contribution in [1.82, 2.24) is 14.9 Å². The molecule has 2 aromatic rings. The fourth-order valence-electron chi connectivity index (χ4n) is 5.32. The van der Waals surface area contributed by atoms with Gasteiger partial charge in [-0.05, 0) is 68.0 Å². The number of anilines is 1. The third-order valence-corrected chi connectivity index (χ3v) is 7.34. The predicted molar refractivity (Wildman–Crippen MR) is 138 cm³/mol. The molecule has 1 aliphatic heterocycles. The van der Waals surface area contributed by atoms with E-state index in [0.29, 0.717) is 36.0 Å². The maximum atomic E-state index is 13.8. The maximum absolute atomic E-state index is 13.8. The average molecular weight is 481 g/mol. The van der Waals surface area contributed by atoms with Gasteiger partial charge in [0.2, 0.25) is 5.91 Å². The number of carbonyl (C=O) groups excluding carboxylic acids is 1. The minimum absolute atomic E-state index is 0.0638. The fraction of sp³-hybridized carbons (Fsp3) is 0.519. The lowest BCUT2D eigenvalue weighted by Gasteiger charge is -2.38. The second kappa shape index (κ2) is 11.5. The van der Waals surface area contributed by atoms with Crippen LogP contribution in [0.25, 0.3) is 0 Å². The Labute approximate surface area is 207 Å². The zero-order chi connectivity index (χ0) is 24.8. The van der Waals surface area contributed by atoms with E-state index in [-0.39, 0.29) is 24.3 Å². The van der Waals surface area contributed by atoms with Gasteiger partial charge in [-0.2, -0.15) is 5.10 Å². The van der Waals surface area contributed by atoms with Gasteiger partial charge in [0.1, 0.15) is 18.2 Å². The molecule has 1 unspecified atom stereocenters.